The second-order valence-electron chi connectivity index (χ2n) is 7.41. The minimum absolute atomic E-state index is 0.718. The zero-order chi connectivity index (χ0) is 20.4. The van der Waals surface area contributed by atoms with Crippen LogP contribution in [0.15, 0.2) is 72.8 Å². The van der Waals surface area contributed by atoms with E-state index in [0.717, 1.165) is 40.2 Å². The first-order valence-electron chi connectivity index (χ1n) is 9.76. The number of benzene rings is 3. The highest BCUT2D eigenvalue weighted by molar-refractivity contribution is 5.70. The average molecular weight is 377 g/mol. The van der Waals surface area contributed by atoms with Crippen LogP contribution in [0.3, 0.4) is 0 Å². The first-order valence-corrected chi connectivity index (χ1v) is 9.76. The van der Waals surface area contributed by atoms with Gasteiger partial charge < -0.3 is 0 Å². The summed E-state index contributed by atoms with van der Waals surface area (Å²) < 4.78 is 2.07. The molecule has 0 saturated carbocycles. The molecule has 1 heterocycles. The summed E-state index contributed by atoms with van der Waals surface area (Å²) in [5.41, 5.74) is 9.79. The molecule has 0 N–H and O–H groups in total. The molecular formula is C26H23N3. The minimum atomic E-state index is 0.718. The van der Waals surface area contributed by atoms with Crippen molar-refractivity contribution in [1.29, 1.82) is 5.26 Å². The van der Waals surface area contributed by atoms with Crippen LogP contribution in [-0.2, 0) is 6.54 Å². The summed E-state index contributed by atoms with van der Waals surface area (Å²) in [6, 6.07) is 27.3. The third-order valence-corrected chi connectivity index (χ3v) is 5.41. The summed E-state index contributed by atoms with van der Waals surface area (Å²) in [7, 11) is 0. The summed E-state index contributed by atoms with van der Waals surface area (Å²) in [5.74, 6) is 0. The van der Waals surface area contributed by atoms with Gasteiger partial charge in [-0.05, 0) is 60.7 Å². The molecule has 29 heavy (non-hydrogen) atoms. The van der Waals surface area contributed by atoms with Gasteiger partial charge in [-0.1, -0.05) is 60.7 Å². The Morgan fingerprint density at radius 2 is 1.48 bits per heavy atom. The SMILES string of the molecule is Cc1cc(-c2c(C)nn(Cc3ccc(-c4ccccc4)cc3)c2C)ccc1C#N. The lowest BCUT2D eigenvalue weighted by atomic mass is 9.99. The van der Waals surface area contributed by atoms with E-state index in [9.17, 15) is 5.26 Å². The van der Waals surface area contributed by atoms with Gasteiger partial charge in [0.25, 0.3) is 0 Å². The smallest absolute Gasteiger partial charge is 0.0994 e. The number of aromatic nitrogens is 2. The van der Waals surface area contributed by atoms with E-state index in [1.807, 2.05) is 32.0 Å². The number of hydrogen-bond acceptors (Lipinski definition) is 2. The third kappa shape index (κ3) is 3.70. The number of hydrogen-bond donors (Lipinski definition) is 0. The third-order valence-electron chi connectivity index (χ3n) is 5.41. The summed E-state index contributed by atoms with van der Waals surface area (Å²) in [5, 5.41) is 14.0. The highest BCUT2D eigenvalue weighted by Gasteiger charge is 2.14. The van der Waals surface area contributed by atoms with Gasteiger partial charge >= 0.3 is 0 Å². The van der Waals surface area contributed by atoms with Crippen molar-refractivity contribution in [2.75, 3.05) is 0 Å². The predicted octanol–water partition coefficient (Wildman–Crippen LogP) is 6.06. The van der Waals surface area contributed by atoms with Crippen molar-refractivity contribution >= 4 is 0 Å². The van der Waals surface area contributed by atoms with Crippen LogP contribution in [0.5, 0.6) is 0 Å². The van der Waals surface area contributed by atoms with E-state index in [-0.39, 0.29) is 0 Å². The van der Waals surface area contributed by atoms with Gasteiger partial charge in [0.05, 0.1) is 23.9 Å². The van der Waals surface area contributed by atoms with E-state index in [4.69, 9.17) is 5.10 Å². The van der Waals surface area contributed by atoms with Crippen molar-refractivity contribution in [3.05, 3.63) is 101 Å². The van der Waals surface area contributed by atoms with Crippen LogP contribution < -0.4 is 0 Å². The molecule has 0 bridgehead atoms. The van der Waals surface area contributed by atoms with Crippen LogP contribution in [0, 0.1) is 32.1 Å². The first kappa shape index (κ1) is 18.7. The highest BCUT2D eigenvalue weighted by atomic mass is 15.3. The standard InChI is InChI=1S/C26H23N3/c1-18-15-24(13-14-25(18)16-27)26-19(2)28-29(20(26)3)17-21-9-11-23(12-10-21)22-7-5-4-6-8-22/h4-15H,17H2,1-3H3. The van der Waals surface area contributed by atoms with E-state index < -0.39 is 0 Å². The Morgan fingerprint density at radius 1 is 0.828 bits per heavy atom. The number of aryl methyl sites for hydroxylation is 2. The van der Waals surface area contributed by atoms with Crippen LogP contribution >= 0.6 is 0 Å². The van der Waals surface area contributed by atoms with Crippen LogP contribution in [0.25, 0.3) is 22.3 Å². The number of nitrogens with zero attached hydrogens (tertiary/aromatic N) is 3. The predicted molar refractivity (Wildman–Crippen MR) is 118 cm³/mol. The Labute approximate surface area is 171 Å². The van der Waals surface area contributed by atoms with Gasteiger partial charge in [-0.15, -0.1) is 0 Å². The lowest BCUT2D eigenvalue weighted by Gasteiger charge is -2.08. The van der Waals surface area contributed by atoms with E-state index >= 15 is 0 Å². The summed E-state index contributed by atoms with van der Waals surface area (Å²) in [6.45, 7) is 6.87. The molecule has 0 aliphatic heterocycles. The second kappa shape index (κ2) is 7.77. The van der Waals surface area contributed by atoms with Gasteiger partial charge in [-0.25, -0.2) is 0 Å². The van der Waals surface area contributed by atoms with E-state index in [0.29, 0.717) is 0 Å². The molecule has 142 valence electrons. The monoisotopic (exact) mass is 377 g/mol. The Balaban J connectivity index is 1.62. The van der Waals surface area contributed by atoms with Crippen LogP contribution in [0.2, 0.25) is 0 Å². The maximum absolute atomic E-state index is 9.18. The molecule has 0 amide bonds. The fourth-order valence-corrected chi connectivity index (χ4v) is 3.82. The molecule has 0 aliphatic rings. The fourth-order valence-electron chi connectivity index (χ4n) is 3.82. The minimum Gasteiger partial charge on any atom is -0.265 e. The van der Waals surface area contributed by atoms with Crippen molar-refractivity contribution in [2.24, 2.45) is 0 Å². The normalized spacial score (nSPS) is 10.7. The molecule has 0 atom stereocenters. The summed E-state index contributed by atoms with van der Waals surface area (Å²) >= 11 is 0. The summed E-state index contributed by atoms with van der Waals surface area (Å²) in [6.07, 6.45) is 0. The molecule has 0 spiro atoms. The molecule has 3 aromatic carbocycles. The van der Waals surface area contributed by atoms with Crippen molar-refractivity contribution in [3.63, 3.8) is 0 Å². The molecule has 0 radical (unpaired) electrons. The molecule has 3 nitrogen and oxygen atoms in total. The molecule has 4 rings (SSSR count). The van der Waals surface area contributed by atoms with E-state index in [2.05, 4.69) is 72.3 Å². The largest absolute Gasteiger partial charge is 0.265 e. The van der Waals surface area contributed by atoms with Crippen LogP contribution in [0.1, 0.15) is 28.1 Å². The van der Waals surface area contributed by atoms with Gasteiger partial charge in [0.15, 0.2) is 0 Å². The molecule has 0 unspecified atom stereocenters. The average Bonchev–Trinajstić information content (AvgIpc) is 3.02. The zero-order valence-electron chi connectivity index (χ0n) is 17.0. The van der Waals surface area contributed by atoms with E-state index in [1.54, 1.807) is 0 Å². The highest BCUT2D eigenvalue weighted by Crippen LogP contribution is 2.29. The molecule has 0 saturated heterocycles. The zero-order valence-corrected chi connectivity index (χ0v) is 17.0. The number of rotatable bonds is 4. The maximum atomic E-state index is 9.18. The van der Waals surface area contributed by atoms with Gasteiger partial charge in [-0.2, -0.15) is 10.4 Å². The molecule has 0 fully saturated rings. The van der Waals surface area contributed by atoms with Crippen molar-refractivity contribution in [2.45, 2.75) is 27.3 Å². The van der Waals surface area contributed by atoms with Crippen LogP contribution in [0.4, 0.5) is 0 Å². The molecule has 3 heteroatoms. The Hall–Kier alpha value is -3.64. The van der Waals surface area contributed by atoms with Gasteiger partial charge in [0.2, 0.25) is 0 Å². The van der Waals surface area contributed by atoms with Crippen molar-refractivity contribution in [3.8, 4) is 28.3 Å². The lowest BCUT2D eigenvalue weighted by Crippen LogP contribution is -2.04. The fraction of sp³-hybridized carbons (Fsp3) is 0.154. The van der Waals surface area contributed by atoms with Crippen molar-refractivity contribution < 1.29 is 0 Å². The summed E-state index contributed by atoms with van der Waals surface area (Å²) in [4.78, 5) is 0. The van der Waals surface area contributed by atoms with E-state index in [1.165, 1.54) is 16.7 Å². The maximum Gasteiger partial charge on any atom is 0.0994 e. The van der Waals surface area contributed by atoms with Crippen molar-refractivity contribution in [1.82, 2.24) is 9.78 Å². The Bertz CT molecular complexity index is 1190. The Kier molecular flexibility index (Phi) is 5.01. The van der Waals surface area contributed by atoms with Gasteiger partial charge in [0, 0.05) is 11.3 Å². The molecular weight excluding hydrogens is 354 g/mol. The lowest BCUT2D eigenvalue weighted by molar-refractivity contribution is 0.659. The quantitative estimate of drug-likeness (QED) is 0.433. The van der Waals surface area contributed by atoms with Crippen LogP contribution in [-0.4, -0.2) is 9.78 Å². The topological polar surface area (TPSA) is 41.6 Å². The van der Waals surface area contributed by atoms with Gasteiger partial charge in [0.1, 0.15) is 0 Å². The molecule has 4 aromatic rings. The first-order chi connectivity index (χ1) is 14.1. The molecule has 1 aromatic heterocycles. The molecule has 0 aliphatic carbocycles. The second-order valence-corrected chi connectivity index (χ2v) is 7.41. The number of nitriles is 1. The Morgan fingerprint density at radius 3 is 2.14 bits per heavy atom. The van der Waals surface area contributed by atoms with Gasteiger partial charge in [-0.3, -0.25) is 4.68 Å².